The standard InChI is InChI=1S/C13H24N6O/c1-9(10-5-6-10)19(7-8-20-4)13-16-11(14)15-12(17-13)18(2)3/h9-10H,5-8H2,1-4H3,(H2,14,15,16,17). The number of methoxy groups -OCH3 is 1. The minimum atomic E-state index is 0.254. The first-order chi connectivity index (χ1) is 9.52. The predicted molar refractivity (Wildman–Crippen MR) is 80.0 cm³/mol. The highest BCUT2D eigenvalue weighted by atomic mass is 16.5. The summed E-state index contributed by atoms with van der Waals surface area (Å²) in [6.07, 6.45) is 2.54. The molecule has 1 aromatic rings. The van der Waals surface area contributed by atoms with Gasteiger partial charge in [0.05, 0.1) is 6.61 Å². The van der Waals surface area contributed by atoms with Crippen molar-refractivity contribution < 1.29 is 4.74 Å². The number of aromatic nitrogens is 3. The number of anilines is 3. The zero-order valence-corrected chi connectivity index (χ0v) is 12.7. The summed E-state index contributed by atoms with van der Waals surface area (Å²) in [5, 5.41) is 0. The second-order valence-electron chi connectivity index (χ2n) is 5.45. The molecule has 1 aromatic heterocycles. The number of nitrogens with two attached hydrogens (primary N) is 1. The molecule has 7 nitrogen and oxygen atoms in total. The van der Waals surface area contributed by atoms with E-state index in [-0.39, 0.29) is 5.95 Å². The van der Waals surface area contributed by atoms with Gasteiger partial charge in [-0.05, 0) is 25.7 Å². The van der Waals surface area contributed by atoms with Gasteiger partial charge >= 0.3 is 0 Å². The summed E-state index contributed by atoms with van der Waals surface area (Å²) in [6, 6.07) is 0.391. The molecule has 0 aliphatic heterocycles. The molecule has 0 spiro atoms. The quantitative estimate of drug-likeness (QED) is 0.790. The van der Waals surface area contributed by atoms with Crippen LogP contribution in [-0.2, 0) is 4.74 Å². The second-order valence-corrected chi connectivity index (χ2v) is 5.45. The van der Waals surface area contributed by atoms with Crippen molar-refractivity contribution in [2.75, 3.05) is 49.9 Å². The molecule has 1 unspecified atom stereocenters. The molecule has 112 valence electrons. The fourth-order valence-corrected chi connectivity index (χ4v) is 2.21. The summed E-state index contributed by atoms with van der Waals surface area (Å²) in [7, 11) is 5.48. The lowest BCUT2D eigenvalue weighted by atomic mass is 10.2. The molecule has 1 saturated carbocycles. The number of hydrogen-bond donors (Lipinski definition) is 1. The zero-order valence-electron chi connectivity index (χ0n) is 12.7. The number of ether oxygens (including phenoxy) is 1. The molecular weight excluding hydrogens is 256 g/mol. The van der Waals surface area contributed by atoms with Gasteiger partial charge in [-0.15, -0.1) is 0 Å². The molecule has 2 rings (SSSR count). The highest BCUT2D eigenvalue weighted by Crippen LogP contribution is 2.36. The SMILES string of the molecule is COCCN(c1nc(N)nc(N(C)C)n1)C(C)C1CC1. The maximum atomic E-state index is 5.81. The minimum Gasteiger partial charge on any atom is -0.383 e. The Morgan fingerprint density at radius 3 is 2.45 bits per heavy atom. The number of hydrogen-bond acceptors (Lipinski definition) is 7. The van der Waals surface area contributed by atoms with Gasteiger partial charge in [0.2, 0.25) is 17.8 Å². The van der Waals surface area contributed by atoms with Crippen molar-refractivity contribution in [2.24, 2.45) is 5.92 Å². The summed E-state index contributed by atoms with van der Waals surface area (Å²) >= 11 is 0. The molecule has 0 aromatic carbocycles. The number of nitrogen functional groups attached to an aromatic ring is 1. The average Bonchev–Trinajstić information content (AvgIpc) is 3.22. The lowest BCUT2D eigenvalue weighted by Gasteiger charge is -2.29. The van der Waals surface area contributed by atoms with Gasteiger partial charge in [-0.3, -0.25) is 0 Å². The van der Waals surface area contributed by atoms with E-state index in [4.69, 9.17) is 10.5 Å². The summed E-state index contributed by atoms with van der Waals surface area (Å²) in [5.41, 5.74) is 5.81. The molecule has 1 heterocycles. The summed E-state index contributed by atoms with van der Waals surface area (Å²) in [5.74, 6) is 2.19. The van der Waals surface area contributed by atoms with Gasteiger partial charge < -0.3 is 20.3 Å². The Labute approximate surface area is 120 Å². The Morgan fingerprint density at radius 1 is 1.25 bits per heavy atom. The largest absolute Gasteiger partial charge is 0.383 e. The van der Waals surface area contributed by atoms with Crippen LogP contribution in [0.1, 0.15) is 19.8 Å². The van der Waals surface area contributed by atoms with E-state index in [9.17, 15) is 0 Å². The first-order valence-corrected chi connectivity index (χ1v) is 6.97. The van der Waals surface area contributed by atoms with Gasteiger partial charge in [-0.2, -0.15) is 15.0 Å². The van der Waals surface area contributed by atoms with Crippen LogP contribution in [0.3, 0.4) is 0 Å². The highest BCUT2D eigenvalue weighted by Gasteiger charge is 2.33. The fourth-order valence-electron chi connectivity index (χ4n) is 2.21. The van der Waals surface area contributed by atoms with E-state index in [2.05, 4.69) is 26.8 Å². The smallest absolute Gasteiger partial charge is 0.232 e. The summed E-state index contributed by atoms with van der Waals surface area (Å²) < 4.78 is 5.20. The number of nitrogens with zero attached hydrogens (tertiary/aromatic N) is 5. The van der Waals surface area contributed by atoms with Crippen molar-refractivity contribution in [1.29, 1.82) is 0 Å². The Bertz CT molecular complexity index is 448. The molecule has 1 aliphatic rings. The van der Waals surface area contributed by atoms with Crippen LogP contribution in [0, 0.1) is 5.92 Å². The van der Waals surface area contributed by atoms with Crippen LogP contribution < -0.4 is 15.5 Å². The van der Waals surface area contributed by atoms with Gasteiger partial charge in [-0.25, -0.2) is 0 Å². The summed E-state index contributed by atoms with van der Waals surface area (Å²) in [6.45, 7) is 3.60. The molecule has 0 radical (unpaired) electrons. The van der Waals surface area contributed by atoms with Gasteiger partial charge in [-0.1, -0.05) is 0 Å². The van der Waals surface area contributed by atoms with E-state index in [1.165, 1.54) is 12.8 Å². The van der Waals surface area contributed by atoms with Crippen LogP contribution in [0.4, 0.5) is 17.8 Å². The van der Waals surface area contributed by atoms with Crippen LogP contribution in [-0.4, -0.2) is 55.4 Å². The van der Waals surface area contributed by atoms with E-state index in [1.54, 1.807) is 7.11 Å². The lowest BCUT2D eigenvalue weighted by molar-refractivity contribution is 0.202. The van der Waals surface area contributed by atoms with Crippen LogP contribution in [0.15, 0.2) is 0 Å². The molecule has 20 heavy (non-hydrogen) atoms. The molecule has 1 atom stereocenters. The molecule has 1 aliphatic carbocycles. The van der Waals surface area contributed by atoms with Crippen LogP contribution in [0.5, 0.6) is 0 Å². The Kier molecular flexibility index (Phi) is 4.59. The molecule has 7 heteroatoms. The van der Waals surface area contributed by atoms with Crippen molar-refractivity contribution in [2.45, 2.75) is 25.8 Å². The van der Waals surface area contributed by atoms with Crippen LogP contribution in [0.2, 0.25) is 0 Å². The first-order valence-electron chi connectivity index (χ1n) is 6.97. The van der Waals surface area contributed by atoms with Crippen molar-refractivity contribution in [3.05, 3.63) is 0 Å². The first kappa shape index (κ1) is 14.8. The van der Waals surface area contributed by atoms with E-state index < -0.39 is 0 Å². The topological polar surface area (TPSA) is 80.4 Å². The normalized spacial score (nSPS) is 16.0. The average molecular weight is 280 g/mol. The van der Waals surface area contributed by atoms with E-state index in [0.717, 1.165) is 6.54 Å². The van der Waals surface area contributed by atoms with Crippen LogP contribution >= 0.6 is 0 Å². The molecule has 0 amide bonds. The van der Waals surface area contributed by atoms with E-state index in [1.807, 2.05) is 19.0 Å². The van der Waals surface area contributed by atoms with Crippen molar-refractivity contribution in [3.8, 4) is 0 Å². The molecular formula is C13H24N6O. The third-order valence-electron chi connectivity index (χ3n) is 3.62. The third-order valence-corrected chi connectivity index (χ3v) is 3.62. The molecule has 2 N–H and O–H groups in total. The van der Waals surface area contributed by atoms with Crippen molar-refractivity contribution >= 4 is 17.8 Å². The van der Waals surface area contributed by atoms with Gasteiger partial charge in [0.1, 0.15) is 0 Å². The van der Waals surface area contributed by atoms with E-state index >= 15 is 0 Å². The van der Waals surface area contributed by atoms with Crippen molar-refractivity contribution in [3.63, 3.8) is 0 Å². The predicted octanol–water partition coefficient (Wildman–Crippen LogP) is 0.771. The Balaban J connectivity index is 2.26. The maximum Gasteiger partial charge on any atom is 0.232 e. The molecule has 1 fully saturated rings. The molecule has 0 saturated heterocycles. The van der Waals surface area contributed by atoms with Gasteiger partial charge in [0.25, 0.3) is 0 Å². The molecule has 0 bridgehead atoms. The lowest BCUT2D eigenvalue weighted by Crippen LogP contribution is -2.39. The van der Waals surface area contributed by atoms with Crippen molar-refractivity contribution in [1.82, 2.24) is 15.0 Å². The monoisotopic (exact) mass is 280 g/mol. The Hall–Kier alpha value is -1.63. The number of rotatable bonds is 7. The highest BCUT2D eigenvalue weighted by molar-refractivity contribution is 5.43. The summed E-state index contributed by atoms with van der Waals surface area (Å²) in [4.78, 5) is 17.0. The van der Waals surface area contributed by atoms with Crippen LogP contribution in [0.25, 0.3) is 0 Å². The maximum absolute atomic E-state index is 5.81. The second kappa shape index (κ2) is 6.21. The minimum absolute atomic E-state index is 0.254. The van der Waals surface area contributed by atoms with E-state index in [0.29, 0.717) is 30.5 Å². The van der Waals surface area contributed by atoms with Gasteiger partial charge in [0, 0.05) is 33.8 Å². The third kappa shape index (κ3) is 3.47. The fraction of sp³-hybridized carbons (Fsp3) is 0.769. The van der Waals surface area contributed by atoms with Gasteiger partial charge in [0.15, 0.2) is 0 Å². The Morgan fingerprint density at radius 2 is 1.90 bits per heavy atom. The zero-order chi connectivity index (χ0) is 14.7.